The van der Waals surface area contributed by atoms with Gasteiger partial charge in [-0.25, -0.2) is 0 Å². The minimum Gasteiger partial charge on any atom is -0.346 e. The molecule has 2 amide bonds. The summed E-state index contributed by atoms with van der Waals surface area (Å²) < 4.78 is 0. The van der Waals surface area contributed by atoms with Crippen molar-refractivity contribution in [1.82, 2.24) is 10.3 Å². The van der Waals surface area contributed by atoms with Gasteiger partial charge in [0, 0.05) is 11.9 Å². The molecule has 1 heterocycles. The molecule has 28 heavy (non-hydrogen) atoms. The molecule has 0 aliphatic heterocycles. The second kappa shape index (κ2) is 9.15. The van der Waals surface area contributed by atoms with Gasteiger partial charge in [-0.15, -0.1) is 0 Å². The number of carbonyl (C=O) groups is 2. The molecular formula is C22H20ClN3O2. The van der Waals surface area contributed by atoms with Crippen LogP contribution in [0.1, 0.15) is 27.2 Å². The second-order valence-corrected chi connectivity index (χ2v) is 6.76. The number of nitrogens with zero attached hydrogens (tertiary/aromatic N) is 1. The van der Waals surface area contributed by atoms with E-state index in [1.54, 1.807) is 24.4 Å². The summed E-state index contributed by atoms with van der Waals surface area (Å²) in [4.78, 5) is 28.8. The van der Waals surface area contributed by atoms with Crippen LogP contribution in [-0.2, 0) is 17.8 Å². The van der Waals surface area contributed by atoms with Crippen LogP contribution in [-0.4, -0.2) is 16.8 Å². The Bertz CT molecular complexity index is 990. The summed E-state index contributed by atoms with van der Waals surface area (Å²) in [5.41, 5.74) is 3.68. The fourth-order valence-corrected chi connectivity index (χ4v) is 3.00. The zero-order valence-electron chi connectivity index (χ0n) is 15.4. The first-order valence-corrected chi connectivity index (χ1v) is 9.23. The number of aryl methyl sites for hydroxylation is 1. The Kier molecular flexibility index (Phi) is 6.40. The van der Waals surface area contributed by atoms with Gasteiger partial charge < -0.3 is 10.6 Å². The third-order valence-electron chi connectivity index (χ3n) is 4.27. The molecule has 0 bridgehead atoms. The highest BCUT2D eigenvalue weighted by Gasteiger charge is 2.12. The van der Waals surface area contributed by atoms with Crippen LogP contribution in [0.15, 0.2) is 66.9 Å². The van der Waals surface area contributed by atoms with Gasteiger partial charge in [0.1, 0.15) is 0 Å². The van der Waals surface area contributed by atoms with Gasteiger partial charge in [0.05, 0.1) is 29.2 Å². The molecule has 5 nitrogen and oxygen atoms in total. The van der Waals surface area contributed by atoms with Gasteiger partial charge in [-0.05, 0) is 48.4 Å². The summed E-state index contributed by atoms with van der Waals surface area (Å²) in [6.45, 7) is 2.28. The van der Waals surface area contributed by atoms with Gasteiger partial charge in [0.15, 0.2) is 0 Å². The maximum atomic E-state index is 12.3. The van der Waals surface area contributed by atoms with E-state index in [2.05, 4.69) is 15.6 Å². The number of benzene rings is 2. The zero-order valence-corrected chi connectivity index (χ0v) is 16.2. The van der Waals surface area contributed by atoms with E-state index in [9.17, 15) is 9.59 Å². The van der Waals surface area contributed by atoms with Crippen molar-refractivity contribution in [2.75, 3.05) is 5.32 Å². The van der Waals surface area contributed by atoms with Crippen molar-refractivity contribution in [2.24, 2.45) is 0 Å². The van der Waals surface area contributed by atoms with Gasteiger partial charge in [0.2, 0.25) is 5.91 Å². The second-order valence-electron chi connectivity index (χ2n) is 6.35. The average molecular weight is 394 g/mol. The van der Waals surface area contributed by atoms with Crippen LogP contribution in [0.5, 0.6) is 0 Å². The maximum absolute atomic E-state index is 12.3. The van der Waals surface area contributed by atoms with Gasteiger partial charge in [0.25, 0.3) is 5.91 Å². The van der Waals surface area contributed by atoms with Crippen LogP contribution in [0.3, 0.4) is 0 Å². The number of nitrogens with one attached hydrogen (secondary N) is 2. The SMILES string of the molecule is Cc1ccccc1CC(=O)Nc1ccc(C(=O)NCc2ccccn2)c(Cl)c1. The minimum absolute atomic E-state index is 0.141. The first kappa shape index (κ1) is 19.6. The summed E-state index contributed by atoms with van der Waals surface area (Å²) in [5, 5.41) is 5.87. The number of hydrogen-bond acceptors (Lipinski definition) is 3. The molecule has 0 aliphatic carbocycles. The summed E-state index contributed by atoms with van der Waals surface area (Å²) in [7, 11) is 0. The van der Waals surface area contributed by atoms with E-state index in [1.807, 2.05) is 49.4 Å². The lowest BCUT2D eigenvalue weighted by atomic mass is 10.1. The first-order chi connectivity index (χ1) is 13.5. The Morgan fingerprint density at radius 2 is 1.82 bits per heavy atom. The van der Waals surface area contributed by atoms with Crippen LogP contribution in [0.4, 0.5) is 5.69 Å². The molecule has 0 atom stereocenters. The lowest BCUT2D eigenvalue weighted by Gasteiger charge is -2.10. The summed E-state index contributed by atoms with van der Waals surface area (Å²) >= 11 is 6.25. The molecule has 0 saturated carbocycles. The fraction of sp³-hybridized carbons (Fsp3) is 0.136. The van der Waals surface area contributed by atoms with Crippen molar-refractivity contribution in [3.63, 3.8) is 0 Å². The molecule has 0 radical (unpaired) electrons. The molecule has 2 aromatic carbocycles. The van der Waals surface area contributed by atoms with Crippen LogP contribution in [0.2, 0.25) is 5.02 Å². The Morgan fingerprint density at radius 3 is 2.54 bits per heavy atom. The van der Waals surface area contributed by atoms with Crippen molar-refractivity contribution in [3.05, 3.63) is 94.3 Å². The maximum Gasteiger partial charge on any atom is 0.253 e. The van der Waals surface area contributed by atoms with Gasteiger partial charge in [-0.2, -0.15) is 0 Å². The summed E-state index contributed by atoms with van der Waals surface area (Å²) in [5.74, 6) is -0.439. The number of amides is 2. The molecule has 1 aromatic heterocycles. The summed E-state index contributed by atoms with van der Waals surface area (Å²) in [6.07, 6.45) is 1.94. The lowest BCUT2D eigenvalue weighted by Crippen LogP contribution is -2.23. The van der Waals surface area contributed by atoms with Crippen molar-refractivity contribution in [1.29, 1.82) is 0 Å². The van der Waals surface area contributed by atoms with Gasteiger partial charge in [-0.1, -0.05) is 41.9 Å². The van der Waals surface area contributed by atoms with E-state index in [1.165, 1.54) is 0 Å². The standard InChI is InChI=1S/C22H20ClN3O2/c1-15-6-2-3-7-16(15)12-21(27)26-17-9-10-19(20(23)13-17)22(28)25-14-18-8-4-5-11-24-18/h2-11,13H,12,14H2,1H3,(H,25,28)(H,26,27). The Labute approximate surface area is 168 Å². The van der Waals surface area contributed by atoms with Crippen LogP contribution in [0.25, 0.3) is 0 Å². The number of aromatic nitrogens is 1. The van der Waals surface area contributed by atoms with E-state index in [-0.39, 0.29) is 23.3 Å². The van der Waals surface area contributed by atoms with E-state index >= 15 is 0 Å². The van der Waals surface area contributed by atoms with E-state index in [4.69, 9.17) is 11.6 Å². The van der Waals surface area contributed by atoms with E-state index < -0.39 is 0 Å². The Morgan fingerprint density at radius 1 is 1.04 bits per heavy atom. The molecule has 142 valence electrons. The smallest absolute Gasteiger partial charge is 0.253 e. The molecule has 0 aliphatic rings. The fourth-order valence-electron chi connectivity index (χ4n) is 2.73. The van der Waals surface area contributed by atoms with E-state index in [0.29, 0.717) is 17.8 Å². The molecule has 0 spiro atoms. The number of hydrogen-bond donors (Lipinski definition) is 2. The minimum atomic E-state index is -0.298. The molecule has 0 unspecified atom stereocenters. The lowest BCUT2D eigenvalue weighted by molar-refractivity contribution is -0.115. The van der Waals surface area contributed by atoms with Crippen molar-refractivity contribution in [3.8, 4) is 0 Å². The largest absolute Gasteiger partial charge is 0.346 e. The molecule has 6 heteroatoms. The highest BCUT2D eigenvalue weighted by atomic mass is 35.5. The molecular weight excluding hydrogens is 374 g/mol. The van der Waals surface area contributed by atoms with Crippen molar-refractivity contribution >= 4 is 29.1 Å². The number of rotatable bonds is 6. The summed E-state index contributed by atoms with van der Waals surface area (Å²) in [6, 6.07) is 18.1. The highest BCUT2D eigenvalue weighted by molar-refractivity contribution is 6.34. The molecule has 0 fully saturated rings. The third-order valence-corrected chi connectivity index (χ3v) is 4.58. The van der Waals surface area contributed by atoms with Crippen molar-refractivity contribution in [2.45, 2.75) is 19.9 Å². The zero-order chi connectivity index (χ0) is 19.9. The van der Waals surface area contributed by atoms with E-state index in [0.717, 1.165) is 16.8 Å². The predicted molar refractivity (Wildman–Crippen MR) is 110 cm³/mol. The predicted octanol–water partition coefficient (Wildman–Crippen LogP) is 4.15. The number of halogens is 1. The number of carbonyl (C=O) groups excluding carboxylic acids is 2. The van der Waals surface area contributed by atoms with Gasteiger partial charge in [-0.3, -0.25) is 14.6 Å². The molecule has 3 rings (SSSR count). The van der Waals surface area contributed by atoms with Crippen LogP contribution >= 0.6 is 11.6 Å². The highest BCUT2D eigenvalue weighted by Crippen LogP contribution is 2.21. The monoisotopic (exact) mass is 393 g/mol. The van der Waals surface area contributed by atoms with Crippen LogP contribution in [0, 0.1) is 6.92 Å². The van der Waals surface area contributed by atoms with Crippen LogP contribution < -0.4 is 10.6 Å². The topological polar surface area (TPSA) is 71.1 Å². The Hall–Kier alpha value is -3.18. The quantitative estimate of drug-likeness (QED) is 0.660. The number of anilines is 1. The molecule has 2 N–H and O–H groups in total. The molecule has 3 aromatic rings. The Balaban J connectivity index is 1.61. The normalized spacial score (nSPS) is 10.4. The third kappa shape index (κ3) is 5.18. The molecule has 0 saturated heterocycles. The first-order valence-electron chi connectivity index (χ1n) is 8.85. The van der Waals surface area contributed by atoms with Gasteiger partial charge >= 0.3 is 0 Å². The number of pyridine rings is 1. The van der Waals surface area contributed by atoms with Crippen molar-refractivity contribution < 1.29 is 9.59 Å². The average Bonchev–Trinajstić information content (AvgIpc) is 2.69.